The SMILES string of the molecule is O=C(SCCNCCNC1CC2CCC1C2)c1ccccc1.O=S(=O)(O)O. The third kappa shape index (κ3) is 9.18. The lowest BCUT2D eigenvalue weighted by Gasteiger charge is -2.23. The number of benzene rings is 1. The molecular weight excluding hydrogens is 388 g/mol. The molecule has 27 heavy (non-hydrogen) atoms. The van der Waals surface area contributed by atoms with Crippen molar-refractivity contribution in [3.63, 3.8) is 0 Å². The third-order valence-electron chi connectivity index (χ3n) is 4.97. The van der Waals surface area contributed by atoms with Crippen LogP contribution in [0.2, 0.25) is 0 Å². The molecule has 1 aromatic rings. The van der Waals surface area contributed by atoms with Crippen molar-refractivity contribution in [3.05, 3.63) is 35.9 Å². The van der Waals surface area contributed by atoms with Crippen LogP contribution in [0, 0.1) is 11.8 Å². The van der Waals surface area contributed by atoms with Gasteiger partial charge in [-0.15, -0.1) is 0 Å². The number of hydrogen-bond donors (Lipinski definition) is 4. The average Bonchev–Trinajstić information content (AvgIpc) is 3.23. The molecule has 0 aliphatic heterocycles. The number of fused-ring (bicyclic) bond motifs is 2. The maximum atomic E-state index is 11.9. The molecule has 2 aliphatic carbocycles. The van der Waals surface area contributed by atoms with Gasteiger partial charge in [0.1, 0.15) is 0 Å². The topological polar surface area (TPSA) is 116 Å². The summed E-state index contributed by atoms with van der Waals surface area (Å²) in [4.78, 5) is 11.9. The van der Waals surface area contributed by atoms with Crippen molar-refractivity contribution in [1.29, 1.82) is 0 Å². The molecule has 0 saturated heterocycles. The maximum absolute atomic E-state index is 11.9. The van der Waals surface area contributed by atoms with Gasteiger partial charge in [0.15, 0.2) is 0 Å². The molecule has 0 heterocycles. The van der Waals surface area contributed by atoms with Crippen molar-refractivity contribution in [1.82, 2.24) is 10.6 Å². The van der Waals surface area contributed by atoms with E-state index in [1.165, 1.54) is 37.4 Å². The van der Waals surface area contributed by atoms with Crippen LogP contribution in [-0.2, 0) is 10.4 Å². The van der Waals surface area contributed by atoms with Crippen molar-refractivity contribution in [2.75, 3.05) is 25.4 Å². The fourth-order valence-electron chi connectivity index (χ4n) is 3.84. The van der Waals surface area contributed by atoms with Crippen LogP contribution in [-0.4, -0.2) is 54.1 Å². The normalized spacial score (nSPS) is 23.7. The zero-order valence-electron chi connectivity index (χ0n) is 15.2. The van der Waals surface area contributed by atoms with Gasteiger partial charge >= 0.3 is 10.4 Å². The van der Waals surface area contributed by atoms with E-state index in [1.54, 1.807) is 0 Å². The summed E-state index contributed by atoms with van der Waals surface area (Å²) in [6, 6.07) is 10.3. The second kappa shape index (κ2) is 11.1. The van der Waals surface area contributed by atoms with Crippen LogP contribution in [0.1, 0.15) is 36.0 Å². The fraction of sp³-hybridized carbons (Fsp3) is 0.611. The summed E-state index contributed by atoms with van der Waals surface area (Å²) in [5.74, 6) is 2.79. The van der Waals surface area contributed by atoms with Gasteiger partial charge in [0.2, 0.25) is 5.12 Å². The Morgan fingerprint density at radius 3 is 2.37 bits per heavy atom. The summed E-state index contributed by atoms with van der Waals surface area (Å²) in [5.41, 5.74) is 0.797. The molecule has 9 heteroatoms. The Bertz CT molecular complexity index is 676. The van der Waals surface area contributed by atoms with Crippen molar-refractivity contribution < 1.29 is 22.3 Å². The van der Waals surface area contributed by atoms with Crippen molar-refractivity contribution in [3.8, 4) is 0 Å². The first-order valence-electron chi connectivity index (χ1n) is 9.19. The van der Waals surface area contributed by atoms with Gasteiger partial charge in [0.25, 0.3) is 0 Å². The lowest BCUT2D eigenvalue weighted by Crippen LogP contribution is -2.38. The minimum atomic E-state index is -4.67. The van der Waals surface area contributed by atoms with Crippen molar-refractivity contribution >= 4 is 27.3 Å². The van der Waals surface area contributed by atoms with Crippen molar-refractivity contribution in [2.45, 2.75) is 31.7 Å². The Kier molecular flexibility index (Phi) is 9.20. The standard InChI is InChI=1S/C18H26N2OS.H2O4S/c21-18(15-4-2-1-3-5-15)22-11-10-19-8-9-20-17-13-14-6-7-16(17)12-14;1-5(2,3)4/h1-5,14,16-17,19-20H,6-13H2;(H2,1,2,3,4). The Hall–Kier alpha value is -0.970. The molecule has 3 unspecified atom stereocenters. The van der Waals surface area contributed by atoms with Gasteiger partial charge in [0.05, 0.1) is 0 Å². The highest BCUT2D eigenvalue weighted by Gasteiger charge is 2.38. The van der Waals surface area contributed by atoms with Gasteiger partial charge in [-0.05, 0) is 31.1 Å². The number of carbonyl (C=O) groups excluding carboxylic acids is 1. The molecule has 2 saturated carbocycles. The smallest absolute Gasteiger partial charge is 0.315 e. The Morgan fingerprint density at radius 2 is 1.78 bits per heavy atom. The van der Waals surface area contributed by atoms with Gasteiger partial charge in [-0.2, -0.15) is 8.42 Å². The van der Waals surface area contributed by atoms with Crippen LogP contribution in [0.5, 0.6) is 0 Å². The first kappa shape index (κ1) is 22.3. The van der Waals surface area contributed by atoms with Gasteiger partial charge in [-0.25, -0.2) is 0 Å². The molecule has 0 amide bonds. The fourth-order valence-corrected chi connectivity index (χ4v) is 4.57. The Balaban J connectivity index is 0.000000465. The summed E-state index contributed by atoms with van der Waals surface area (Å²) < 4.78 is 31.6. The zero-order valence-corrected chi connectivity index (χ0v) is 16.8. The van der Waals surface area contributed by atoms with E-state index in [4.69, 9.17) is 17.5 Å². The molecule has 0 spiro atoms. The molecule has 2 bridgehead atoms. The summed E-state index contributed by atoms with van der Waals surface area (Å²) in [6.07, 6.45) is 5.76. The predicted octanol–water partition coefficient (Wildman–Crippen LogP) is 2.27. The minimum Gasteiger partial charge on any atom is -0.315 e. The third-order valence-corrected chi connectivity index (χ3v) is 5.87. The predicted molar refractivity (Wildman–Crippen MR) is 108 cm³/mol. The molecule has 3 rings (SSSR count). The first-order valence-corrected chi connectivity index (χ1v) is 11.6. The van der Waals surface area contributed by atoms with E-state index in [2.05, 4.69) is 10.6 Å². The molecule has 0 radical (unpaired) electrons. The Labute approximate surface area is 165 Å². The van der Waals surface area contributed by atoms with Gasteiger partial charge in [-0.1, -0.05) is 48.5 Å². The van der Waals surface area contributed by atoms with Crippen LogP contribution in [0.3, 0.4) is 0 Å². The van der Waals surface area contributed by atoms with E-state index >= 15 is 0 Å². The summed E-state index contributed by atoms with van der Waals surface area (Å²) in [7, 11) is -4.67. The van der Waals surface area contributed by atoms with Crippen LogP contribution in [0.15, 0.2) is 30.3 Å². The number of carbonyl (C=O) groups is 1. The molecule has 1 aromatic carbocycles. The van der Waals surface area contributed by atoms with Crippen LogP contribution < -0.4 is 10.6 Å². The molecule has 152 valence electrons. The molecule has 2 fully saturated rings. The average molecular weight is 417 g/mol. The van der Waals surface area contributed by atoms with E-state index < -0.39 is 10.4 Å². The maximum Gasteiger partial charge on any atom is 0.394 e. The summed E-state index contributed by atoms with van der Waals surface area (Å²) >= 11 is 1.40. The summed E-state index contributed by atoms with van der Waals surface area (Å²) in [6.45, 7) is 2.93. The number of thioether (sulfide) groups is 1. The molecule has 4 N–H and O–H groups in total. The van der Waals surface area contributed by atoms with E-state index in [0.717, 1.165) is 48.8 Å². The van der Waals surface area contributed by atoms with Crippen LogP contribution in [0.4, 0.5) is 0 Å². The highest BCUT2D eigenvalue weighted by atomic mass is 32.3. The lowest BCUT2D eigenvalue weighted by atomic mass is 9.95. The Morgan fingerprint density at radius 1 is 1.07 bits per heavy atom. The highest BCUT2D eigenvalue weighted by Crippen LogP contribution is 2.44. The molecule has 2 aliphatic rings. The molecule has 0 aromatic heterocycles. The van der Waals surface area contributed by atoms with Crippen molar-refractivity contribution in [2.24, 2.45) is 11.8 Å². The monoisotopic (exact) mass is 416 g/mol. The number of nitrogens with one attached hydrogen (secondary N) is 2. The van der Waals surface area contributed by atoms with Gasteiger partial charge < -0.3 is 10.6 Å². The molecule has 3 atom stereocenters. The highest BCUT2D eigenvalue weighted by molar-refractivity contribution is 8.14. The van der Waals surface area contributed by atoms with E-state index in [0.29, 0.717) is 0 Å². The van der Waals surface area contributed by atoms with Gasteiger partial charge in [0, 0.05) is 37.0 Å². The van der Waals surface area contributed by atoms with E-state index in [1.807, 2.05) is 30.3 Å². The number of hydrogen-bond acceptors (Lipinski definition) is 6. The van der Waals surface area contributed by atoms with E-state index in [-0.39, 0.29) is 5.12 Å². The quantitative estimate of drug-likeness (QED) is 0.377. The second-order valence-electron chi connectivity index (χ2n) is 6.94. The molecular formula is C18H28N2O5S2. The van der Waals surface area contributed by atoms with E-state index in [9.17, 15) is 4.79 Å². The van der Waals surface area contributed by atoms with Crippen LogP contribution >= 0.6 is 11.8 Å². The van der Waals surface area contributed by atoms with Crippen LogP contribution in [0.25, 0.3) is 0 Å². The summed E-state index contributed by atoms with van der Waals surface area (Å²) in [5, 5.41) is 7.30. The van der Waals surface area contributed by atoms with Gasteiger partial charge in [-0.3, -0.25) is 13.9 Å². The minimum absolute atomic E-state index is 0.169. The first-order chi connectivity index (χ1) is 12.8. The second-order valence-corrected chi connectivity index (χ2v) is 8.90. The number of rotatable bonds is 8. The largest absolute Gasteiger partial charge is 0.394 e. The lowest BCUT2D eigenvalue weighted by molar-refractivity contribution is 0.108. The molecule has 7 nitrogen and oxygen atoms in total. The zero-order chi connectivity index (χ0) is 19.7.